The van der Waals surface area contributed by atoms with Gasteiger partial charge in [-0.1, -0.05) is 6.07 Å². The van der Waals surface area contributed by atoms with E-state index in [9.17, 15) is 14.9 Å². The first-order valence-corrected chi connectivity index (χ1v) is 6.93. The quantitative estimate of drug-likeness (QED) is 0.677. The van der Waals surface area contributed by atoms with Gasteiger partial charge >= 0.3 is 5.69 Å². The third kappa shape index (κ3) is 3.99. The molecule has 1 N–H and O–H groups in total. The molecule has 0 unspecified atom stereocenters. The number of hydrogen-bond donors (Lipinski definition) is 1. The summed E-state index contributed by atoms with van der Waals surface area (Å²) in [6.45, 7) is 3.29. The largest absolute Gasteiger partial charge is 0.477 e. The molecule has 110 valence electrons. The maximum atomic E-state index is 11.7. The van der Waals surface area contributed by atoms with Crippen molar-refractivity contribution in [2.45, 2.75) is 13.8 Å². The van der Waals surface area contributed by atoms with Crippen LogP contribution in [0.25, 0.3) is 0 Å². The summed E-state index contributed by atoms with van der Waals surface area (Å²) in [6, 6.07) is 4.50. The Morgan fingerprint density at radius 1 is 1.48 bits per heavy atom. The van der Waals surface area contributed by atoms with Crippen molar-refractivity contribution in [3.8, 4) is 5.75 Å². The normalized spacial score (nSPS) is 10.2. The fourth-order valence-electron chi connectivity index (χ4n) is 1.60. The molecule has 2 aromatic rings. The number of benzene rings is 1. The first kappa shape index (κ1) is 14.9. The van der Waals surface area contributed by atoms with Crippen molar-refractivity contribution >= 4 is 28.1 Å². The van der Waals surface area contributed by atoms with Crippen molar-refractivity contribution in [1.82, 2.24) is 4.98 Å². The van der Waals surface area contributed by atoms with Gasteiger partial charge in [0.05, 0.1) is 10.6 Å². The Balaban J connectivity index is 2.00. The lowest BCUT2D eigenvalue weighted by molar-refractivity contribution is -0.385. The van der Waals surface area contributed by atoms with E-state index in [0.717, 1.165) is 11.3 Å². The number of aromatic nitrogens is 1. The summed E-state index contributed by atoms with van der Waals surface area (Å²) < 4.78 is 5.24. The van der Waals surface area contributed by atoms with Crippen LogP contribution in [0.4, 0.5) is 10.8 Å². The zero-order valence-electron chi connectivity index (χ0n) is 11.5. The van der Waals surface area contributed by atoms with Crippen LogP contribution in [0.2, 0.25) is 0 Å². The number of thiazole rings is 1. The molecule has 0 radical (unpaired) electrons. The molecule has 0 fully saturated rings. The lowest BCUT2D eigenvalue weighted by Gasteiger charge is -2.07. The Morgan fingerprint density at radius 3 is 2.86 bits per heavy atom. The van der Waals surface area contributed by atoms with Crippen molar-refractivity contribution < 1.29 is 14.5 Å². The van der Waals surface area contributed by atoms with Crippen LogP contribution in [0.5, 0.6) is 5.75 Å². The number of ether oxygens (including phenoxy) is 1. The summed E-state index contributed by atoms with van der Waals surface area (Å²) in [6.07, 6.45) is 0. The van der Waals surface area contributed by atoms with Crippen molar-refractivity contribution in [3.05, 3.63) is 45.0 Å². The average Bonchev–Trinajstić information content (AvgIpc) is 2.81. The molecule has 7 nitrogen and oxygen atoms in total. The molecular formula is C13H13N3O4S. The van der Waals surface area contributed by atoms with Crippen LogP contribution < -0.4 is 10.1 Å². The van der Waals surface area contributed by atoms with Gasteiger partial charge in [-0.05, 0) is 25.5 Å². The van der Waals surface area contributed by atoms with Gasteiger partial charge in [-0.25, -0.2) is 4.98 Å². The summed E-state index contributed by atoms with van der Waals surface area (Å²) in [4.78, 5) is 26.2. The molecule has 0 bridgehead atoms. The molecule has 0 aliphatic rings. The monoisotopic (exact) mass is 307 g/mol. The smallest absolute Gasteiger partial charge is 0.310 e. The molecule has 8 heteroatoms. The molecular weight excluding hydrogens is 294 g/mol. The minimum Gasteiger partial charge on any atom is -0.477 e. The molecule has 1 aromatic heterocycles. The molecule has 0 saturated heterocycles. The minimum absolute atomic E-state index is 0.0745. The van der Waals surface area contributed by atoms with Crippen LogP contribution in [-0.2, 0) is 4.79 Å². The lowest BCUT2D eigenvalue weighted by Crippen LogP contribution is -2.20. The predicted octanol–water partition coefficient (Wildman–Crippen LogP) is 2.69. The standard InChI is InChI=1S/C13H13N3O4S/c1-8-3-4-10(16(18)19)11(5-8)20-6-12(17)15-13-14-9(2)7-21-13/h3-5,7H,6H2,1-2H3,(H,14,15,17). The van der Waals surface area contributed by atoms with Gasteiger partial charge in [0, 0.05) is 11.4 Å². The Morgan fingerprint density at radius 2 is 2.24 bits per heavy atom. The lowest BCUT2D eigenvalue weighted by atomic mass is 10.2. The highest BCUT2D eigenvalue weighted by Crippen LogP contribution is 2.27. The van der Waals surface area contributed by atoms with E-state index in [0.29, 0.717) is 5.13 Å². The van der Waals surface area contributed by atoms with E-state index in [1.807, 2.05) is 12.3 Å². The van der Waals surface area contributed by atoms with E-state index in [-0.39, 0.29) is 18.0 Å². The van der Waals surface area contributed by atoms with Gasteiger partial charge in [0.15, 0.2) is 17.5 Å². The van der Waals surface area contributed by atoms with Crippen molar-refractivity contribution in [2.75, 3.05) is 11.9 Å². The molecule has 1 amide bonds. The molecule has 0 saturated carbocycles. The number of nitrogens with zero attached hydrogens (tertiary/aromatic N) is 2. The first-order valence-electron chi connectivity index (χ1n) is 6.05. The van der Waals surface area contributed by atoms with Crippen LogP contribution in [0.15, 0.2) is 23.6 Å². The van der Waals surface area contributed by atoms with E-state index in [4.69, 9.17) is 4.74 Å². The zero-order chi connectivity index (χ0) is 15.4. The molecule has 0 spiro atoms. The van der Waals surface area contributed by atoms with Gasteiger partial charge in [-0.2, -0.15) is 0 Å². The second kappa shape index (κ2) is 6.31. The van der Waals surface area contributed by atoms with Crippen LogP contribution >= 0.6 is 11.3 Å². The number of hydrogen-bond acceptors (Lipinski definition) is 6. The van der Waals surface area contributed by atoms with Crippen molar-refractivity contribution in [2.24, 2.45) is 0 Å². The summed E-state index contributed by atoms with van der Waals surface area (Å²) in [5.41, 5.74) is 1.45. The summed E-state index contributed by atoms with van der Waals surface area (Å²) in [5.74, 6) is -0.342. The van der Waals surface area contributed by atoms with Crippen molar-refractivity contribution in [3.63, 3.8) is 0 Å². The number of rotatable bonds is 5. The number of carbonyl (C=O) groups excluding carboxylic acids is 1. The van der Waals surface area contributed by atoms with Crippen LogP contribution in [0.1, 0.15) is 11.3 Å². The van der Waals surface area contributed by atoms with Crippen LogP contribution in [-0.4, -0.2) is 22.4 Å². The number of amides is 1. The minimum atomic E-state index is -0.545. The summed E-state index contributed by atoms with van der Waals surface area (Å²) in [5, 5.41) is 15.7. The predicted molar refractivity (Wildman–Crippen MR) is 78.8 cm³/mol. The Kier molecular flexibility index (Phi) is 4.49. The van der Waals surface area contributed by atoms with E-state index >= 15 is 0 Å². The molecule has 21 heavy (non-hydrogen) atoms. The fourth-order valence-corrected chi connectivity index (χ4v) is 2.30. The Hall–Kier alpha value is -2.48. The number of nitrogens with one attached hydrogen (secondary N) is 1. The van der Waals surface area contributed by atoms with Crippen molar-refractivity contribution in [1.29, 1.82) is 0 Å². The molecule has 1 aromatic carbocycles. The maximum absolute atomic E-state index is 11.7. The first-order chi connectivity index (χ1) is 9.95. The number of nitro groups is 1. The van der Waals surface area contributed by atoms with E-state index in [1.54, 1.807) is 13.0 Å². The van der Waals surface area contributed by atoms with Crippen LogP contribution in [0, 0.1) is 24.0 Å². The molecule has 0 aliphatic carbocycles. The number of nitro benzene ring substituents is 1. The number of carbonyl (C=O) groups is 1. The van der Waals surface area contributed by atoms with Gasteiger partial charge in [0.25, 0.3) is 5.91 Å². The van der Waals surface area contributed by atoms with E-state index in [1.165, 1.54) is 23.5 Å². The third-order valence-corrected chi connectivity index (χ3v) is 3.41. The van der Waals surface area contributed by atoms with Crippen LogP contribution in [0.3, 0.4) is 0 Å². The number of anilines is 1. The average molecular weight is 307 g/mol. The molecule has 0 aliphatic heterocycles. The third-order valence-electron chi connectivity index (χ3n) is 2.54. The summed E-state index contributed by atoms with van der Waals surface area (Å²) in [7, 11) is 0. The maximum Gasteiger partial charge on any atom is 0.310 e. The number of aryl methyl sites for hydroxylation is 2. The highest BCUT2D eigenvalue weighted by Gasteiger charge is 2.16. The van der Waals surface area contributed by atoms with Gasteiger partial charge in [-0.15, -0.1) is 11.3 Å². The molecule has 0 atom stereocenters. The van der Waals surface area contributed by atoms with Gasteiger partial charge < -0.3 is 4.74 Å². The van der Waals surface area contributed by atoms with E-state index in [2.05, 4.69) is 10.3 Å². The SMILES string of the molecule is Cc1ccc([N+](=O)[O-])c(OCC(=O)Nc2nc(C)cs2)c1. The zero-order valence-corrected chi connectivity index (χ0v) is 12.3. The van der Waals surface area contributed by atoms with Gasteiger partial charge in [0.1, 0.15) is 0 Å². The second-order valence-electron chi connectivity index (χ2n) is 4.36. The molecule has 2 rings (SSSR count). The Labute approximate surface area is 124 Å². The van der Waals surface area contributed by atoms with E-state index < -0.39 is 10.8 Å². The second-order valence-corrected chi connectivity index (χ2v) is 5.22. The highest BCUT2D eigenvalue weighted by molar-refractivity contribution is 7.13. The fraction of sp³-hybridized carbons (Fsp3) is 0.231. The topological polar surface area (TPSA) is 94.4 Å². The summed E-state index contributed by atoms with van der Waals surface area (Å²) >= 11 is 1.30. The van der Waals surface area contributed by atoms with Gasteiger partial charge in [0.2, 0.25) is 0 Å². The van der Waals surface area contributed by atoms with Gasteiger partial charge in [-0.3, -0.25) is 20.2 Å². The molecule has 1 heterocycles. The highest BCUT2D eigenvalue weighted by atomic mass is 32.1. The Bertz CT molecular complexity index is 684.